The first-order valence-electron chi connectivity index (χ1n) is 5.44. The molecule has 0 saturated carbocycles. The predicted molar refractivity (Wildman–Crippen MR) is 62.3 cm³/mol. The average Bonchev–Trinajstić information content (AvgIpc) is 2.75. The number of carbonyl (C=O) groups is 2. The number of rotatable bonds is 7. The molecule has 1 heterocycles. The van der Waals surface area contributed by atoms with E-state index in [1.54, 1.807) is 25.3 Å². The Morgan fingerprint density at radius 3 is 2.94 bits per heavy atom. The number of aryl methyl sites for hydroxylation is 1. The number of nitrogens with zero attached hydrogens (tertiary/aromatic N) is 2. The van der Waals surface area contributed by atoms with E-state index in [9.17, 15) is 9.59 Å². The molecule has 2 amide bonds. The average molecular weight is 237 g/mol. The number of aromatic nitrogens is 2. The van der Waals surface area contributed by atoms with Gasteiger partial charge in [0.25, 0.3) is 0 Å². The zero-order valence-corrected chi connectivity index (χ0v) is 9.80. The second-order valence-corrected chi connectivity index (χ2v) is 3.93. The number of hydrogen-bond acceptors (Lipinski definition) is 3. The summed E-state index contributed by atoms with van der Waals surface area (Å²) in [4.78, 5) is 25.9. The fraction of sp³-hybridized carbons (Fsp3) is 0.455. The van der Waals surface area contributed by atoms with Crippen molar-refractivity contribution in [3.63, 3.8) is 0 Å². The van der Waals surface area contributed by atoms with Gasteiger partial charge in [-0.1, -0.05) is 6.92 Å². The van der Waals surface area contributed by atoms with Gasteiger partial charge in [0.05, 0.1) is 12.9 Å². The molecule has 3 N–H and O–H groups in total. The Labute approximate surface area is 100 Å². The SMILES string of the molecule is C[C@H]([CH]NC(=O)CCn1ccnc1)CC(N)=O. The molecule has 0 fully saturated rings. The minimum atomic E-state index is -0.374. The summed E-state index contributed by atoms with van der Waals surface area (Å²) in [6.45, 7) is 4.01. The molecule has 0 saturated heterocycles. The van der Waals surface area contributed by atoms with Crippen LogP contribution in [-0.2, 0) is 16.1 Å². The number of nitrogens with one attached hydrogen (secondary N) is 1. The zero-order chi connectivity index (χ0) is 12.7. The van der Waals surface area contributed by atoms with E-state index in [-0.39, 0.29) is 24.2 Å². The molecule has 93 valence electrons. The summed E-state index contributed by atoms with van der Waals surface area (Å²) in [7, 11) is 0. The van der Waals surface area contributed by atoms with Gasteiger partial charge in [-0.05, 0) is 5.92 Å². The summed E-state index contributed by atoms with van der Waals surface area (Å²) in [5.41, 5.74) is 5.04. The fourth-order valence-electron chi connectivity index (χ4n) is 1.33. The van der Waals surface area contributed by atoms with E-state index in [4.69, 9.17) is 5.73 Å². The first kappa shape index (κ1) is 13.2. The van der Waals surface area contributed by atoms with Gasteiger partial charge >= 0.3 is 0 Å². The molecule has 0 aliphatic heterocycles. The van der Waals surface area contributed by atoms with E-state index >= 15 is 0 Å². The molecule has 0 aliphatic rings. The maximum Gasteiger partial charge on any atom is 0.222 e. The van der Waals surface area contributed by atoms with Crippen LogP contribution in [0.1, 0.15) is 19.8 Å². The summed E-state index contributed by atoms with van der Waals surface area (Å²) < 4.78 is 1.83. The van der Waals surface area contributed by atoms with Crippen LogP contribution in [0.4, 0.5) is 0 Å². The normalized spacial score (nSPS) is 12.1. The lowest BCUT2D eigenvalue weighted by Crippen LogP contribution is -2.26. The van der Waals surface area contributed by atoms with Crippen molar-refractivity contribution in [2.45, 2.75) is 26.3 Å². The maximum absolute atomic E-state index is 11.4. The quantitative estimate of drug-likeness (QED) is 0.702. The number of nitrogens with two attached hydrogens (primary N) is 1. The largest absolute Gasteiger partial charge is 0.370 e. The van der Waals surface area contributed by atoms with Crippen molar-refractivity contribution in [1.29, 1.82) is 0 Å². The van der Waals surface area contributed by atoms with Crippen molar-refractivity contribution >= 4 is 11.8 Å². The van der Waals surface area contributed by atoms with Crippen molar-refractivity contribution in [1.82, 2.24) is 14.9 Å². The van der Waals surface area contributed by atoms with Gasteiger partial charge in [-0.25, -0.2) is 4.98 Å². The van der Waals surface area contributed by atoms with Crippen LogP contribution in [0.5, 0.6) is 0 Å². The van der Waals surface area contributed by atoms with Gasteiger partial charge in [-0.15, -0.1) is 0 Å². The molecule has 0 bridgehead atoms. The Hall–Kier alpha value is -1.85. The van der Waals surface area contributed by atoms with Crippen molar-refractivity contribution in [3.8, 4) is 0 Å². The van der Waals surface area contributed by atoms with Gasteiger partial charge < -0.3 is 15.6 Å². The molecule has 6 heteroatoms. The first-order chi connectivity index (χ1) is 8.08. The van der Waals surface area contributed by atoms with Crippen molar-refractivity contribution in [2.75, 3.05) is 0 Å². The van der Waals surface area contributed by atoms with Crippen LogP contribution < -0.4 is 11.1 Å². The topological polar surface area (TPSA) is 90.0 Å². The van der Waals surface area contributed by atoms with Crippen molar-refractivity contribution in [3.05, 3.63) is 25.3 Å². The Balaban J connectivity index is 2.15. The van der Waals surface area contributed by atoms with E-state index < -0.39 is 0 Å². The second kappa shape index (κ2) is 6.67. The molecule has 0 unspecified atom stereocenters. The lowest BCUT2D eigenvalue weighted by molar-refractivity contribution is -0.121. The van der Waals surface area contributed by atoms with Crippen molar-refractivity contribution in [2.24, 2.45) is 11.7 Å². The molecular weight excluding hydrogens is 220 g/mol. The van der Waals surface area contributed by atoms with Crippen LogP contribution in [0.25, 0.3) is 0 Å². The molecule has 1 rings (SSSR count). The van der Waals surface area contributed by atoms with Gasteiger partial charge in [-0.2, -0.15) is 0 Å². The molecule has 1 aromatic heterocycles. The van der Waals surface area contributed by atoms with Crippen LogP contribution in [-0.4, -0.2) is 21.4 Å². The Kier molecular flexibility index (Phi) is 5.19. The number of hydrogen-bond donors (Lipinski definition) is 2. The lowest BCUT2D eigenvalue weighted by Gasteiger charge is -2.10. The maximum atomic E-state index is 11.4. The third kappa shape index (κ3) is 5.70. The number of imidazole rings is 1. The minimum Gasteiger partial charge on any atom is -0.370 e. The third-order valence-corrected chi connectivity index (χ3v) is 2.21. The molecule has 0 spiro atoms. The van der Waals surface area contributed by atoms with Crippen LogP contribution in [0.3, 0.4) is 0 Å². The van der Waals surface area contributed by atoms with Gasteiger partial charge in [-0.3, -0.25) is 9.59 Å². The smallest absolute Gasteiger partial charge is 0.222 e. The van der Waals surface area contributed by atoms with Crippen LogP contribution in [0.15, 0.2) is 18.7 Å². The summed E-state index contributed by atoms with van der Waals surface area (Å²) in [5.74, 6) is -0.513. The Morgan fingerprint density at radius 1 is 1.59 bits per heavy atom. The summed E-state index contributed by atoms with van der Waals surface area (Å²) >= 11 is 0. The van der Waals surface area contributed by atoms with Gasteiger partial charge in [0.2, 0.25) is 11.8 Å². The number of primary amides is 1. The highest BCUT2D eigenvalue weighted by Gasteiger charge is 2.08. The van der Waals surface area contributed by atoms with E-state index in [1.165, 1.54) is 0 Å². The van der Waals surface area contributed by atoms with E-state index in [0.29, 0.717) is 13.0 Å². The molecule has 0 aromatic carbocycles. The highest BCUT2D eigenvalue weighted by molar-refractivity contribution is 5.77. The van der Waals surface area contributed by atoms with E-state index in [0.717, 1.165) is 0 Å². The van der Waals surface area contributed by atoms with Gasteiger partial charge in [0.15, 0.2) is 0 Å². The fourth-order valence-corrected chi connectivity index (χ4v) is 1.33. The van der Waals surface area contributed by atoms with Gasteiger partial charge in [0, 0.05) is 31.8 Å². The van der Waals surface area contributed by atoms with E-state index in [2.05, 4.69) is 10.3 Å². The molecule has 6 nitrogen and oxygen atoms in total. The lowest BCUT2D eigenvalue weighted by atomic mass is 10.1. The minimum absolute atomic E-state index is 0.0512. The van der Waals surface area contributed by atoms with Crippen LogP contribution >= 0.6 is 0 Å². The summed E-state index contributed by atoms with van der Waals surface area (Å²) in [6, 6.07) is 0. The van der Waals surface area contributed by atoms with Crippen LogP contribution in [0, 0.1) is 12.5 Å². The van der Waals surface area contributed by atoms with E-state index in [1.807, 2.05) is 11.5 Å². The monoisotopic (exact) mass is 237 g/mol. The summed E-state index contributed by atoms with van der Waals surface area (Å²) in [6.07, 6.45) is 5.73. The molecule has 1 aromatic rings. The molecule has 17 heavy (non-hydrogen) atoms. The van der Waals surface area contributed by atoms with Gasteiger partial charge in [0.1, 0.15) is 0 Å². The molecule has 1 atom stereocenters. The van der Waals surface area contributed by atoms with Crippen LogP contribution in [0.2, 0.25) is 0 Å². The number of amides is 2. The highest BCUT2D eigenvalue weighted by Crippen LogP contribution is 2.02. The Morgan fingerprint density at radius 2 is 2.35 bits per heavy atom. The Bertz CT molecular complexity index is 362. The molecule has 0 aliphatic carbocycles. The molecule has 1 radical (unpaired) electrons. The third-order valence-electron chi connectivity index (χ3n) is 2.21. The summed E-state index contributed by atoms with van der Waals surface area (Å²) in [5, 5.41) is 2.64. The predicted octanol–water partition coefficient (Wildman–Crippen LogP) is 0.0627. The second-order valence-electron chi connectivity index (χ2n) is 3.93. The van der Waals surface area contributed by atoms with Crippen molar-refractivity contribution < 1.29 is 9.59 Å². The highest BCUT2D eigenvalue weighted by atomic mass is 16.2. The number of carbonyl (C=O) groups excluding carboxylic acids is 2. The standard InChI is InChI=1S/C11H17N4O2/c1-9(6-10(12)16)7-14-11(17)2-4-15-5-3-13-8-15/h3,5,7-9H,2,4,6H2,1H3,(H2,12,16)(H,14,17)/t9-/m0/s1. The first-order valence-corrected chi connectivity index (χ1v) is 5.44. The zero-order valence-electron chi connectivity index (χ0n) is 9.80. The molecular formula is C11H17N4O2.